The van der Waals surface area contributed by atoms with Crippen LogP contribution in [-0.2, 0) is 13.1 Å². The Morgan fingerprint density at radius 2 is 0.794 bits per heavy atom. The molecule has 4 aromatic rings. The lowest BCUT2D eigenvalue weighted by molar-refractivity contribution is -0.682. The van der Waals surface area contributed by atoms with Crippen molar-refractivity contribution in [1.82, 2.24) is 0 Å². The maximum absolute atomic E-state index is 6.37. The first kappa shape index (κ1) is 24.0. The van der Waals surface area contributed by atoms with E-state index < -0.39 is 0 Å². The third-order valence-corrected chi connectivity index (χ3v) is 7.01. The smallest absolute Gasteiger partial charge is 0.280 e. The molecule has 0 atom stereocenters. The van der Waals surface area contributed by atoms with Gasteiger partial charge in [0.15, 0.2) is 0 Å². The quantitative estimate of drug-likeness (QED) is 0.182. The predicted octanol–water partition coefficient (Wildman–Crippen LogP) is 6.33. The van der Waals surface area contributed by atoms with Crippen LogP contribution in [0.3, 0.4) is 0 Å². The minimum Gasteiger partial charge on any atom is -0.286 e. The number of nitrogen functional groups attached to an aromatic ring is 2. The fourth-order valence-corrected chi connectivity index (χ4v) is 4.93. The van der Waals surface area contributed by atoms with Crippen LogP contribution in [-0.4, -0.2) is 0 Å². The van der Waals surface area contributed by atoms with E-state index in [1.165, 1.54) is 75.0 Å². The van der Waals surface area contributed by atoms with Crippen LogP contribution in [0.25, 0.3) is 21.5 Å². The fraction of sp³-hybridized carbons (Fsp3) is 0.400. The number of nitrogens with two attached hydrogens (primary N) is 2. The summed E-state index contributed by atoms with van der Waals surface area (Å²) in [5.41, 5.74) is 12.7. The lowest BCUT2D eigenvalue weighted by atomic mass is 10.1. The van der Waals surface area contributed by atoms with E-state index in [0.29, 0.717) is 0 Å². The number of unbranched alkanes of at least 4 members (excludes halogenated alkanes) is 9. The molecule has 0 radical (unpaired) electrons. The van der Waals surface area contributed by atoms with Gasteiger partial charge in [0.1, 0.15) is 0 Å². The number of hydrogen-bond acceptors (Lipinski definition) is 2. The minimum atomic E-state index is 0.889. The molecule has 0 aliphatic carbocycles. The number of fused-ring (bicyclic) bond motifs is 2. The molecule has 0 aliphatic rings. The van der Waals surface area contributed by atoms with Gasteiger partial charge in [-0.1, -0.05) is 74.9 Å². The zero-order chi connectivity index (χ0) is 23.6. The van der Waals surface area contributed by atoms with Gasteiger partial charge in [0.05, 0.1) is 36.3 Å². The van der Waals surface area contributed by atoms with E-state index in [1.54, 1.807) is 0 Å². The van der Waals surface area contributed by atoms with Crippen LogP contribution in [0.1, 0.15) is 64.2 Å². The van der Waals surface area contributed by atoms with E-state index in [2.05, 4.69) is 82.2 Å². The predicted molar refractivity (Wildman–Crippen MR) is 143 cm³/mol. The van der Waals surface area contributed by atoms with Gasteiger partial charge in [-0.3, -0.25) is 11.5 Å². The first-order valence-electron chi connectivity index (χ1n) is 13.1. The van der Waals surface area contributed by atoms with Crippen LogP contribution in [0.15, 0.2) is 73.1 Å². The lowest BCUT2D eigenvalue weighted by Gasteiger charge is -2.07. The molecule has 0 amide bonds. The molecule has 4 heteroatoms. The van der Waals surface area contributed by atoms with Crippen molar-refractivity contribution in [2.45, 2.75) is 77.3 Å². The number of pyridine rings is 2. The van der Waals surface area contributed by atoms with Gasteiger partial charge in [0.2, 0.25) is 0 Å². The molecule has 2 heterocycles. The van der Waals surface area contributed by atoms with Crippen LogP contribution in [0, 0.1) is 0 Å². The van der Waals surface area contributed by atoms with Crippen molar-refractivity contribution in [2.24, 2.45) is 0 Å². The van der Waals surface area contributed by atoms with Crippen molar-refractivity contribution < 1.29 is 9.13 Å². The summed E-state index contributed by atoms with van der Waals surface area (Å²) in [5, 5.41) is 4.74. The summed E-state index contributed by atoms with van der Waals surface area (Å²) in [6, 6.07) is 21.0. The first-order chi connectivity index (χ1) is 16.7. The molecule has 0 saturated heterocycles. The van der Waals surface area contributed by atoms with Crippen molar-refractivity contribution >= 4 is 33.2 Å². The van der Waals surface area contributed by atoms with Crippen LogP contribution >= 0.6 is 0 Å². The van der Waals surface area contributed by atoms with Gasteiger partial charge in [-0.05, 0) is 60.7 Å². The van der Waals surface area contributed by atoms with Crippen LogP contribution in [0.4, 0.5) is 11.6 Å². The molecular formula is C30H40N4+2. The van der Waals surface area contributed by atoms with Crippen LogP contribution < -0.4 is 20.6 Å². The Bertz CT molecular complexity index is 1110. The largest absolute Gasteiger partial charge is 0.286 e. The summed E-state index contributed by atoms with van der Waals surface area (Å²) in [6.07, 6.45) is 17.3. The van der Waals surface area contributed by atoms with Crippen LogP contribution in [0.2, 0.25) is 0 Å². The average Bonchev–Trinajstić information content (AvgIpc) is 2.87. The van der Waals surface area contributed by atoms with E-state index in [1.807, 2.05) is 0 Å². The molecule has 0 aliphatic heterocycles. The summed E-state index contributed by atoms with van der Waals surface area (Å²) < 4.78 is 4.40. The summed E-state index contributed by atoms with van der Waals surface area (Å²) in [6.45, 7) is 2.02. The summed E-state index contributed by atoms with van der Waals surface area (Å²) in [5.74, 6) is 1.78. The number of hydrogen-bond donors (Lipinski definition) is 2. The Kier molecular flexibility index (Phi) is 8.72. The highest BCUT2D eigenvalue weighted by Crippen LogP contribution is 2.18. The third-order valence-electron chi connectivity index (χ3n) is 7.01. The maximum atomic E-state index is 6.37. The van der Waals surface area contributed by atoms with Gasteiger partial charge in [0, 0.05) is 0 Å². The SMILES string of the molecule is Nc1c2ccccc2cc[n+]1CCCCCCCCCCCC[n+]1ccc2ccccc2c1N. The van der Waals surface area contributed by atoms with E-state index in [-0.39, 0.29) is 0 Å². The summed E-state index contributed by atoms with van der Waals surface area (Å²) >= 11 is 0. The third kappa shape index (κ3) is 6.25. The zero-order valence-electron chi connectivity index (χ0n) is 20.5. The fourth-order valence-electron chi connectivity index (χ4n) is 4.93. The highest BCUT2D eigenvalue weighted by Gasteiger charge is 2.10. The van der Waals surface area contributed by atoms with E-state index >= 15 is 0 Å². The number of anilines is 2. The Morgan fingerprint density at radius 1 is 0.441 bits per heavy atom. The van der Waals surface area contributed by atoms with Gasteiger partial charge >= 0.3 is 0 Å². The second kappa shape index (κ2) is 12.4. The lowest BCUT2D eigenvalue weighted by Crippen LogP contribution is -2.36. The van der Waals surface area contributed by atoms with Gasteiger partial charge in [-0.15, -0.1) is 0 Å². The number of benzene rings is 2. The average molecular weight is 457 g/mol. The minimum absolute atomic E-state index is 0.889. The van der Waals surface area contributed by atoms with Crippen molar-refractivity contribution in [1.29, 1.82) is 0 Å². The molecular weight excluding hydrogens is 416 g/mol. The van der Waals surface area contributed by atoms with Gasteiger partial charge in [-0.2, -0.15) is 0 Å². The number of rotatable bonds is 13. The van der Waals surface area contributed by atoms with Crippen molar-refractivity contribution in [3.63, 3.8) is 0 Å². The highest BCUT2D eigenvalue weighted by atomic mass is 15.0. The molecule has 178 valence electrons. The highest BCUT2D eigenvalue weighted by molar-refractivity contribution is 5.89. The van der Waals surface area contributed by atoms with E-state index in [4.69, 9.17) is 11.5 Å². The van der Waals surface area contributed by atoms with Gasteiger partial charge < -0.3 is 0 Å². The first-order valence-corrected chi connectivity index (χ1v) is 13.1. The molecule has 34 heavy (non-hydrogen) atoms. The normalized spacial score (nSPS) is 11.4. The standard InChI is InChI=1S/C30H38N4/c31-29-27-17-11-9-15-25(27)19-23-33(29)21-13-7-5-3-1-2-4-6-8-14-22-34-24-20-26-16-10-12-18-28(26)30(34)32/h9-12,15-20,23-24,31-32H,1-8,13-14,21-22H2/p+2. The maximum Gasteiger partial charge on any atom is 0.280 e. The molecule has 0 saturated carbocycles. The van der Waals surface area contributed by atoms with Crippen molar-refractivity contribution in [3.8, 4) is 0 Å². The Labute approximate surface area is 204 Å². The summed E-state index contributed by atoms with van der Waals surface area (Å²) in [4.78, 5) is 0. The number of aryl methyl sites for hydroxylation is 2. The molecule has 4 nitrogen and oxygen atoms in total. The molecule has 4 rings (SSSR count). The molecule has 0 fully saturated rings. The van der Waals surface area contributed by atoms with E-state index in [0.717, 1.165) is 35.5 Å². The number of nitrogens with zero attached hydrogens (tertiary/aromatic N) is 2. The Balaban J connectivity index is 1.03. The molecule has 2 aromatic carbocycles. The topological polar surface area (TPSA) is 59.8 Å². The molecule has 0 bridgehead atoms. The molecule has 0 unspecified atom stereocenters. The Hall–Kier alpha value is -3.14. The second-order valence-corrected chi connectivity index (χ2v) is 9.50. The van der Waals surface area contributed by atoms with Crippen molar-refractivity contribution in [3.05, 3.63) is 73.1 Å². The second-order valence-electron chi connectivity index (χ2n) is 9.50. The van der Waals surface area contributed by atoms with E-state index in [9.17, 15) is 0 Å². The summed E-state index contributed by atoms with van der Waals surface area (Å²) in [7, 11) is 0. The number of aromatic nitrogens is 2. The monoisotopic (exact) mass is 456 g/mol. The molecule has 2 aromatic heterocycles. The van der Waals surface area contributed by atoms with Crippen molar-refractivity contribution in [2.75, 3.05) is 11.5 Å². The van der Waals surface area contributed by atoms with Gasteiger partial charge in [0.25, 0.3) is 11.6 Å². The molecule has 4 N–H and O–H groups in total. The Morgan fingerprint density at radius 3 is 1.21 bits per heavy atom. The zero-order valence-corrected chi connectivity index (χ0v) is 20.5. The molecule has 0 spiro atoms. The van der Waals surface area contributed by atoms with Gasteiger partial charge in [-0.25, -0.2) is 9.13 Å². The van der Waals surface area contributed by atoms with Crippen LogP contribution in [0.5, 0.6) is 0 Å².